The van der Waals surface area contributed by atoms with E-state index in [1.807, 2.05) is 0 Å². The van der Waals surface area contributed by atoms with Gasteiger partial charge in [0, 0.05) is 24.7 Å². The van der Waals surface area contributed by atoms with Crippen LogP contribution in [-0.2, 0) is 13.1 Å². The summed E-state index contributed by atoms with van der Waals surface area (Å²) in [4.78, 5) is 28.4. The normalized spacial score (nSPS) is 11.1. The smallest absolute Gasteiger partial charge is 0.341 e. The first kappa shape index (κ1) is 19.0. The van der Waals surface area contributed by atoms with Crippen molar-refractivity contribution in [1.82, 2.24) is 14.9 Å². The topological polar surface area (TPSA) is 93.5 Å². The van der Waals surface area contributed by atoms with Crippen LogP contribution in [0.25, 0.3) is 22.2 Å². The van der Waals surface area contributed by atoms with Gasteiger partial charge in [0.05, 0.1) is 29.3 Å². The van der Waals surface area contributed by atoms with Crippen LogP contribution in [0, 0.1) is 5.82 Å². The Bertz CT molecular complexity index is 1090. The van der Waals surface area contributed by atoms with E-state index in [9.17, 15) is 19.1 Å². The molecule has 0 bridgehead atoms. The zero-order valence-electron chi connectivity index (χ0n) is 15.0. The number of carbonyl (C=O) groups is 1. The number of methoxy groups -OCH3 is 1. The van der Waals surface area contributed by atoms with E-state index in [0.717, 1.165) is 11.1 Å². The molecule has 0 amide bonds. The zero-order valence-corrected chi connectivity index (χ0v) is 15.8. The van der Waals surface area contributed by atoms with E-state index in [-0.39, 0.29) is 16.7 Å². The Kier molecular flexibility index (Phi) is 5.24. The Labute approximate surface area is 158 Å². The van der Waals surface area contributed by atoms with E-state index >= 15 is 0 Å². The maximum absolute atomic E-state index is 15.0. The van der Waals surface area contributed by atoms with Gasteiger partial charge < -0.3 is 19.7 Å². The number of fused-ring (bicyclic) bond motifs is 1. The van der Waals surface area contributed by atoms with Gasteiger partial charge in [-0.1, -0.05) is 0 Å². The number of aromatic carboxylic acids is 1. The number of thiazole rings is 1. The number of nitrogens with one attached hydrogen (secondary N) is 1. The molecule has 27 heavy (non-hydrogen) atoms. The summed E-state index contributed by atoms with van der Waals surface area (Å²) in [7, 11) is 3.17. The first-order valence-corrected chi connectivity index (χ1v) is 9.07. The van der Waals surface area contributed by atoms with E-state index in [1.54, 1.807) is 23.9 Å². The fourth-order valence-electron chi connectivity index (χ4n) is 3.00. The number of aryl methyl sites for hydroxylation is 1. The summed E-state index contributed by atoms with van der Waals surface area (Å²) in [6.45, 7) is 2.72. The number of hydrogen-bond donors (Lipinski definition) is 2. The molecule has 0 saturated heterocycles. The van der Waals surface area contributed by atoms with Crippen LogP contribution in [-0.4, -0.2) is 34.8 Å². The van der Waals surface area contributed by atoms with Crippen molar-refractivity contribution in [3.63, 3.8) is 0 Å². The third-order valence-electron chi connectivity index (χ3n) is 4.18. The van der Waals surface area contributed by atoms with Crippen LogP contribution < -0.4 is 15.5 Å². The van der Waals surface area contributed by atoms with Gasteiger partial charge in [0.15, 0.2) is 5.75 Å². The highest BCUT2D eigenvalue weighted by molar-refractivity contribution is 7.09. The highest BCUT2D eigenvalue weighted by atomic mass is 32.1. The van der Waals surface area contributed by atoms with Crippen LogP contribution in [0.5, 0.6) is 5.75 Å². The molecule has 1 aromatic carbocycles. The van der Waals surface area contributed by atoms with Gasteiger partial charge in [-0.3, -0.25) is 4.79 Å². The maximum atomic E-state index is 15.0. The van der Waals surface area contributed by atoms with Gasteiger partial charge in [-0.15, -0.1) is 11.3 Å². The average molecular weight is 391 g/mol. The molecule has 0 spiro atoms. The number of carboxylic acid groups (broad SMARTS) is 1. The Hall–Kier alpha value is -2.78. The molecular formula is C18H18FN3O4S. The fourth-order valence-corrected chi connectivity index (χ4v) is 3.79. The zero-order chi connectivity index (χ0) is 19.7. The molecule has 2 heterocycles. The van der Waals surface area contributed by atoms with Crippen LogP contribution in [0.4, 0.5) is 4.39 Å². The Morgan fingerprint density at radius 1 is 1.48 bits per heavy atom. The second kappa shape index (κ2) is 7.45. The number of nitrogens with zero attached hydrogens (tertiary/aromatic N) is 2. The SMILES string of the molecule is CCn1cc(C(=O)O)c(=O)c2cc(F)c(-c3csc(CNC)n3)c(OC)c21. The largest absolute Gasteiger partial charge is 0.494 e. The van der Waals surface area contributed by atoms with Gasteiger partial charge >= 0.3 is 5.97 Å². The molecule has 0 fully saturated rings. The van der Waals surface area contributed by atoms with E-state index in [1.165, 1.54) is 24.6 Å². The molecule has 0 saturated carbocycles. The minimum atomic E-state index is -1.36. The van der Waals surface area contributed by atoms with Crippen LogP contribution in [0.2, 0.25) is 0 Å². The van der Waals surface area contributed by atoms with E-state index in [4.69, 9.17) is 4.74 Å². The summed E-state index contributed by atoms with van der Waals surface area (Å²) in [5.41, 5.74) is -0.273. The number of pyridine rings is 1. The highest BCUT2D eigenvalue weighted by Crippen LogP contribution is 2.38. The highest BCUT2D eigenvalue weighted by Gasteiger charge is 2.24. The molecule has 7 nitrogen and oxygen atoms in total. The van der Waals surface area contributed by atoms with Gasteiger partial charge in [0.25, 0.3) is 0 Å². The van der Waals surface area contributed by atoms with Crippen molar-refractivity contribution >= 4 is 28.2 Å². The predicted octanol–water partition coefficient (Wildman–Crippen LogP) is 2.71. The van der Waals surface area contributed by atoms with Crippen molar-refractivity contribution < 1.29 is 19.0 Å². The van der Waals surface area contributed by atoms with E-state index in [2.05, 4.69) is 10.3 Å². The lowest BCUT2D eigenvalue weighted by Crippen LogP contribution is -2.19. The first-order chi connectivity index (χ1) is 12.9. The predicted molar refractivity (Wildman–Crippen MR) is 101 cm³/mol. The lowest BCUT2D eigenvalue weighted by atomic mass is 10.0. The van der Waals surface area contributed by atoms with Crippen molar-refractivity contribution in [2.24, 2.45) is 0 Å². The van der Waals surface area contributed by atoms with Crippen molar-refractivity contribution in [2.75, 3.05) is 14.2 Å². The second-order valence-corrected chi connectivity index (χ2v) is 6.73. The maximum Gasteiger partial charge on any atom is 0.341 e. The van der Waals surface area contributed by atoms with Crippen molar-refractivity contribution in [3.05, 3.63) is 44.3 Å². The summed E-state index contributed by atoms with van der Waals surface area (Å²) < 4.78 is 22.0. The van der Waals surface area contributed by atoms with Crippen molar-refractivity contribution in [1.29, 1.82) is 0 Å². The molecule has 3 aromatic rings. The molecule has 2 aromatic heterocycles. The average Bonchev–Trinajstić information content (AvgIpc) is 3.09. The summed E-state index contributed by atoms with van der Waals surface area (Å²) in [6, 6.07) is 1.06. The summed E-state index contributed by atoms with van der Waals surface area (Å²) >= 11 is 1.38. The minimum Gasteiger partial charge on any atom is -0.494 e. The van der Waals surface area contributed by atoms with E-state index in [0.29, 0.717) is 24.3 Å². The summed E-state index contributed by atoms with van der Waals surface area (Å²) in [5.74, 6) is -1.89. The monoisotopic (exact) mass is 391 g/mol. The Morgan fingerprint density at radius 2 is 2.22 bits per heavy atom. The molecule has 3 rings (SSSR count). The van der Waals surface area contributed by atoms with Gasteiger partial charge in [0.2, 0.25) is 5.43 Å². The number of benzene rings is 1. The van der Waals surface area contributed by atoms with Crippen LogP contribution in [0.3, 0.4) is 0 Å². The molecule has 0 unspecified atom stereocenters. The number of aromatic nitrogens is 2. The number of rotatable bonds is 6. The molecule has 9 heteroatoms. The van der Waals surface area contributed by atoms with Gasteiger partial charge in [0.1, 0.15) is 16.4 Å². The molecule has 2 N–H and O–H groups in total. The molecule has 0 radical (unpaired) electrons. The van der Waals surface area contributed by atoms with Gasteiger partial charge in [-0.05, 0) is 20.0 Å². The quantitative estimate of drug-likeness (QED) is 0.671. The minimum absolute atomic E-state index is 0.0412. The van der Waals surface area contributed by atoms with Crippen molar-refractivity contribution in [2.45, 2.75) is 20.0 Å². The number of hydrogen-bond acceptors (Lipinski definition) is 6. The number of ether oxygens (including phenoxy) is 1. The van der Waals surface area contributed by atoms with Gasteiger partial charge in [-0.25, -0.2) is 14.2 Å². The van der Waals surface area contributed by atoms with Crippen molar-refractivity contribution in [3.8, 4) is 17.0 Å². The van der Waals surface area contributed by atoms with Crippen LogP contribution in [0.15, 0.2) is 22.4 Å². The number of carboxylic acids is 1. The number of halogens is 1. The third kappa shape index (κ3) is 3.19. The van der Waals surface area contributed by atoms with Crippen LogP contribution >= 0.6 is 11.3 Å². The molecular weight excluding hydrogens is 373 g/mol. The van der Waals surface area contributed by atoms with E-state index < -0.39 is 22.8 Å². The third-order valence-corrected chi connectivity index (χ3v) is 5.03. The lowest BCUT2D eigenvalue weighted by Gasteiger charge is -2.16. The molecule has 0 aliphatic heterocycles. The fraction of sp³-hybridized carbons (Fsp3) is 0.278. The standard InChI is InChI=1S/C18H18FN3O4S/c1-4-22-7-10(18(24)25)16(23)9-5-11(19)14(17(26-3)15(9)22)12-8-27-13(21-12)6-20-2/h5,7-8,20H,4,6H2,1-3H3,(H,24,25). The molecule has 0 aliphatic rings. The van der Waals surface area contributed by atoms with Gasteiger partial charge in [-0.2, -0.15) is 0 Å². The van der Waals surface area contributed by atoms with Crippen LogP contribution in [0.1, 0.15) is 22.3 Å². The summed E-state index contributed by atoms with van der Waals surface area (Å²) in [5, 5.41) is 14.7. The Morgan fingerprint density at radius 3 is 2.81 bits per heavy atom. The lowest BCUT2D eigenvalue weighted by molar-refractivity contribution is 0.0695. The molecule has 142 valence electrons. The Balaban J connectivity index is 2.40. The second-order valence-electron chi connectivity index (χ2n) is 5.78. The molecule has 0 aliphatic carbocycles. The first-order valence-electron chi connectivity index (χ1n) is 8.19. The summed E-state index contributed by atoms with van der Waals surface area (Å²) in [6.07, 6.45) is 1.25. The molecule has 0 atom stereocenters.